The van der Waals surface area contributed by atoms with Crippen molar-refractivity contribution in [3.63, 3.8) is 0 Å². The maximum atomic E-state index is 12.9. The van der Waals surface area contributed by atoms with E-state index in [1.165, 1.54) is 6.08 Å². The number of carbonyl (C=O) groups is 1. The Morgan fingerprint density at radius 3 is 2.09 bits per heavy atom. The summed E-state index contributed by atoms with van der Waals surface area (Å²) in [6.07, 6.45) is 1.45. The third-order valence-electron chi connectivity index (χ3n) is 2.62. The Kier molecular flexibility index (Phi) is 7.32. The van der Waals surface area contributed by atoms with Gasteiger partial charge in [0.25, 0.3) is 0 Å². The van der Waals surface area contributed by atoms with E-state index >= 15 is 0 Å². The summed E-state index contributed by atoms with van der Waals surface area (Å²) in [5.74, 6) is -0.718. The van der Waals surface area contributed by atoms with Crippen LogP contribution in [0.15, 0.2) is 29.6 Å². The van der Waals surface area contributed by atoms with Crippen LogP contribution in [0.4, 0.5) is 5.69 Å². The topological polar surface area (TPSA) is 87.9 Å². The minimum atomic E-state index is -3.74. The van der Waals surface area contributed by atoms with E-state index in [0.717, 1.165) is 0 Å². The molecule has 0 heterocycles. The largest absolute Gasteiger partial charge is 0.462 e. The van der Waals surface area contributed by atoms with Crippen molar-refractivity contribution in [2.75, 3.05) is 25.6 Å². The first-order chi connectivity index (χ1) is 10.5. The second-order valence-electron chi connectivity index (χ2n) is 4.25. The molecule has 0 fully saturated rings. The summed E-state index contributed by atoms with van der Waals surface area (Å²) in [6, 6.07) is 6.77. The standard InChI is InChI=1S/C15H22NO5P/c1-4-19-15(17)14(22(18,20-5-2)21-6-3)11-12-7-9-13(16)10-8-12/h7-11H,4-6,16H2,1-3H3. The van der Waals surface area contributed by atoms with Gasteiger partial charge in [0.2, 0.25) is 0 Å². The number of carbonyl (C=O) groups excluding carboxylic acids is 1. The Morgan fingerprint density at radius 2 is 1.64 bits per heavy atom. The van der Waals surface area contributed by atoms with E-state index in [9.17, 15) is 9.36 Å². The summed E-state index contributed by atoms with van der Waals surface area (Å²) >= 11 is 0. The second-order valence-corrected chi connectivity index (χ2v) is 6.24. The van der Waals surface area contributed by atoms with Gasteiger partial charge in [-0.2, -0.15) is 0 Å². The van der Waals surface area contributed by atoms with Gasteiger partial charge in [0.1, 0.15) is 5.31 Å². The highest BCUT2D eigenvalue weighted by atomic mass is 31.2. The highest BCUT2D eigenvalue weighted by molar-refractivity contribution is 7.60. The highest BCUT2D eigenvalue weighted by Crippen LogP contribution is 2.57. The average molecular weight is 327 g/mol. The molecule has 1 rings (SSSR count). The first-order valence-electron chi connectivity index (χ1n) is 7.10. The maximum Gasteiger partial charge on any atom is 0.368 e. The van der Waals surface area contributed by atoms with E-state index in [1.807, 2.05) is 0 Å². The van der Waals surface area contributed by atoms with Gasteiger partial charge in [0.15, 0.2) is 0 Å². The van der Waals surface area contributed by atoms with Crippen LogP contribution in [0, 0.1) is 0 Å². The van der Waals surface area contributed by atoms with Gasteiger partial charge >= 0.3 is 13.6 Å². The SMILES string of the molecule is CCOC(=O)C(=Cc1ccc(N)cc1)P(=O)(OCC)OCC. The van der Waals surface area contributed by atoms with E-state index in [2.05, 4.69) is 0 Å². The van der Waals surface area contributed by atoms with Crippen molar-refractivity contribution in [2.45, 2.75) is 20.8 Å². The van der Waals surface area contributed by atoms with Gasteiger partial charge in [-0.15, -0.1) is 0 Å². The molecule has 6 nitrogen and oxygen atoms in total. The monoisotopic (exact) mass is 327 g/mol. The molecule has 0 aliphatic heterocycles. The zero-order chi connectivity index (χ0) is 16.6. The molecule has 0 aliphatic rings. The zero-order valence-electron chi connectivity index (χ0n) is 13.1. The lowest BCUT2D eigenvalue weighted by atomic mass is 10.2. The molecule has 22 heavy (non-hydrogen) atoms. The number of nitrogen functional groups attached to an aromatic ring is 1. The normalized spacial score (nSPS) is 12.2. The van der Waals surface area contributed by atoms with Crippen LogP contribution in [0.1, 0.15) is 26.3 Å². The molecule has 0 saturated carbocycles. The highest BCUT2D eigenvalue weighted by Gasteiger charge is 2.35. The Hall–Kier alpha value is -1.62. The van der Waals surface area contributed by atoms with Crippen LogP contribution in [-0.4, -0.2) is 25.8 Å². The molecule has 1 aromatic rings. The van der Waals surface area contributed by atoms with Crippen LogP contribution < -0.4 is 5.73 Å². The summed E-state index contributed by atoms with van der Waals surface area (Å²) in [5, 5.41) is -0.122. The third-order valence-corrected chi connectivity index (χ3v) is 4.72. The predicted octanol–water partition coefficient (Wildman–Crippen LogP) is 3.44. The lowest BCUT2D eigenvalue weighted by Crippen LogP contribution is -2.11. The molecule has 0 radical (unpaired) electrons. The fraction of sp³-hybridized carbons (Fsp3) is 0.400. The van der Waals surface area contributed by atoms with E-state index in [4.69, 9.17) is 19.5 Å². The van der Waals surface area contributed by atoms with Crippen molar-refractivity contribution in [1.29, 1.82) is 0 Å². The Morgan fingerprint density at radius 1 is 1.09 bits per heavy atom. The maximum absolute atomic E-state index is 12.9. The molecular formula is C15H22NO5P. The summed E-state index contributed by atoms with van der Waals surface area (Å²) in [5.41, 5.74) is 6.87. The number of rotatable bonds is 8. The van der Waals surface area contributed by atoms with Crippen LogP contribution in [0.25, 0.3) is 6.08 Å². The van der Waals surface area contributed by atoms with Crippen molar-refractivity contribution < 1.29 is 23.1 Å². The Balaban J connectivity index is 3.29. The van der Waals surface area contributed by atoms with E-state index in [1.54, 1.807) is 45.0 Å². The van der Waals surface area contributed by atoms with Gasteiger partial charge in [0, 0.05) is 5.69 Å². The van der Waals surface area contributed by atoms with Crippen LogP contribution >= 0.6 is 7.60 Å². The van der Waals surface area contributed by atoms with Crippen LogP contribution in [0.5, 0.6) is 0 Å². The van der Waals surface area contributed by atoms with Crippen LogP contribution in [-0.2, 0) is 23.1 Å². The van der Waals surface area contributed by atoms with E-state index in [-0.39, 0.29) is 25.1 Å². The summed E-state index contributed by atoms with van der Waals surface area (Å²) in [4.78, 5) is 12.2. The number of nitrogens with two attached hydrogens (primary N) is 1. The van der Waals surface area contributed by atoms with Gasteiger partial charge in [-0.05, 0) is 44.5 Å². The van der Waals surface area contributed by atoms with Crippen molar-refractivity contribution >= 4 is 25.3 Å². The minimum Gasteiger partial charge on any atom is -0.462 e. The number of benzene rings is 1. The molecule has 0 atom stereocenters. The van der Waals surface area contributed by atoms with Crippen LogP contribution in [0.2, 0.25) is 0 Å². The lowest BCUT2D eigenvalue weighted by molar-refractivity contribution is -0.137. The van der Waals surface area contributed by atoms with Crippen molar-refractivity contribution in [2.24, 2.45) is 0 Å². The molecular weight excluding hydrogens is 305 g/mol. The first-order valence-corrected chi connectivity index (χ1v) is 8.65. The Labute approximate surface area is 130 Å². The second kappa shape index (κ2) is 8.73. The number of anilines is 1. The molecule has 0 bridgehead atoms. The summed E-state index contributed by atoms with van der Waals surface area (Å²) in [7, 11) is -3.74. The molecule has 0 aromatic heterocycles. The quantitative estimate of drug-likeness (QED) is 0.340. The fourth-order valence-electron chi connectivity index (χ4n) is 1.72. The number of ether oxygens (including phenoxy) is 1. The Bertz CT molecular complexity index is 558. The smallest absolute Gasteiger partial charge is 0.368 e. The minimum absolute atomic E-state index is 0.122. The molecule has 1 aromatic carbocycles. The predicted molar refractivity (Wildman–Crippen MR) is 86.3 cm³/mol. The molecule has 122 valence electrons. The van der Waals surface area contributed by atoms with Gasteiger partial charge in [-0.1, -0.05) is 12.1 Å². The van der Waals surface area contributed by atoms with Gasteiger partial charge in [0.05, 0.1) is 19.8 Å². The fourth-order valence-corrected chi connectivity index (χ4v) is 3.35. The van der Waals surface area contributed by atoms with Crippen LogP contribution in [0.3, 0.4) is 0 Å². The van der Waals surface area contributed by atoms with E-state index < -0.39 is 13.6 Å². The van der Waals surface area contributed by atoms with Crippen molar-refractivity contribution in [1.82, 2.24) is 0 Å². The zero-order valence-corrected chi connectivity index (χ0v) is 14.0. The summed E-state index contributed by atoms with van der Waals surface area (Å²) < 4.78 is 28.3. The molecule has 0 saturated heterocycles. The molecule has 0 amide bonds. The molecule has 0 aliphatic carbocycles. The van der Waals surface area contributed by atoms with Gasteiger partial charge in [-0.3, -0.25) is 4.57 Å². The molecule has 7 heteroatoms. The number of hydrogen-bond donors (Lipinski definition) is 1. The molecule has 0 unspecified atom stereocenters. The summed E-state index contributed by atoms with van der Waals surface area (Å²) in [6.45, 7) is 5.49. The number of esters is 1. The van der Waals surface area contributed by atoms with Crippen molar-refractivity contribution in [3.05, 3.63) is 35.1 Å². The van der Waals surface area contributed by atoms with Gasteiger partial charge in [-0.25, -0.2) is 4.79 Å². The third kappa shape index (κ3) is 4.98. The number of hydrogen-bond acceptors (Lipinski definition) is 6. The lowest BCUT2D eigenvalue weighted by Gasteiger charge is -2.19. The van der Waals surface area contributed by atoms with E-state index in [0.29, 0.717) is 11.3 Å². The molecule has 2 N–H and O–H groups in total. The van der Waals surface area contributed by atoms with Gasteiger partial charge < -0.3 is 19.5 Å². The average Bonchev–Trinajstić information content (AvgIpc) is 2.47. The first kappa shape index (κ1) is 18.4. The molecule has 0 spiro atoms. The van der Waals surface area contributed by atoms with Crippen molar-refractivity contribution in [3.8, 4) is 0 Å².